The Morgan fingerprint density at radius 1 is 1.55 bits per heavy atom. The summed E-state index contributed by atoms with van der Waals surface area (Å²) in [4.78, 5) is 13.4. The second-order valence-corrected chi connectivity index (χ2v) is 3.60. The van der Waals surface area contributed by atoms with Gasteiger partial charge in [-0.05, 0) is 40.2 Å². The molecule has 0 radical (unpaired) electrons. The Balaban J connectivity index is 2.58. The molecule has 1 rings (SSSR count). The van der Waals surface area contributed by atoms with Crippen LogP contribution in [0.25, 0.3) is 0 Å². The number of nitrogens with zero attached hydrogens (tertiary/aromatic N) is 1. The van der Waals surface area contributed by atoms with Crippen LogP contribution in [0.15, 0.2) is 0 Å². The zero-order valence-electron chi connectivity index (χ0n) is 7.63. The molecule has 0 amide bonds. The van der Waals surface area contributed by atoms with E-state index in [2.05, 4.69) is 18.7 Å². The highest BCUT2D eigenvalue weighted by Crippen LogP contribution is 2.20. The third-order valence-electron chi connectivity index (χ3n) is 2.43. The van der Waals surface area contributed by atoms with Crippen molar-refractivity contribution < 1.29 is 4.79 Å². The van der Waals surface area contributed by atoms with Crippen LogP contribution >= 0.6 is 0 Å². The number of likely N-dealkylation sites (tertiary alicyclic amines) is 1. The van der Waals surface area contributed by atoms with Gasteiger partial charge in [-0.2, -0.15) is 0 Å². The molecule has 2 nitrogen and oxygen atoms in total. The second-order valence-electron chi connectivity index (χ2n) is 3.60. The van der Waals surface area contributed by atoms with Crippen LogP contribution in [0.5, 0.6) is 0 Å². The number of hydrogen-bond donors (Lipinski definition) is 0. The fourth-order valence-corrected chi connectivity index (χ4v) is 1.84. The SMILES string of the molecule is CC(=O)[C@@H]1CCCN1C(C)C. The average Bonchev–Trinajstić information content (AvgIpc) is 2.32. The first kappa shape index (κ1) is 8.72. The summed E-state index contributed by atoms with van der Waals surface area (Å²) >= 11 is 0. The van der Waals surface area contributed by atoms with Crippen molar-refractivity contribution in [1.82, 2.24) is 4.90 Å². The molecular weight excluding hydrogens is 138 g/mol. The van der Waals surface area contributed by atoms with Gasteiger partial charge in [-0.3, -0.25) is 9.69 Å². The van der Waals surface area contributed by atoms with Crippen LogP contribution in [0.1, 0.15) is 33.6 Å². The van der Waals surface area contributed by atoms with Crippen molar-refractivity contribution in [3.63, 3.8) is 0 Å². The highest BCUT2D eigenvalue weighted by molar-refractivity contribution is 5.81. The standard InChI is InChI=1S/C9H17NO/c1-7(2)10-6-4-5-9(10)8(3)11/h7,9H,4-6H2,1-3H3/t9-/m0/s1. The molecule has 0 aromatic rings. The molecule has 0 N–H and O–H groups in total. The number of carbonyl (C=O) groups excluding carboxylic acids is 1. The van der Waals surface area contributed by atoms with E-state index < -0.39 is 0 Å². The van der Waals surface area contributed by atoms with Gasteiger partial charge in [0.2, 0.25) is 0 Å². The van der Waals surface area contributed by atoms with Crippen LogP contribution in [0.4, 0.5) is 0 Å². The average molecular weight is 155 g/mol. The molecule has 64 valence electrons. The Kier molecular flexibility index (Phi) is 2.66. The highest BCUT2D eigenvalue weighted by Gasteiger charge is 2.29. The van der Waals surface area contributed by atoms with Crippen molar-refractivity contribution in [2.45, 2.75) is 45.7 Å². The normalized spacial score (nSPS) is 26.4. The maximum Gasteiger partial charge on any atom is 0.146 e. The lowest BCUT2D eigenvalue weighted by Crippen LogP contribution is -2.39. The lowest BCUT2D eigenvalue weighted by molar-refractivity contribution is -0.121. The molecule has 1 aliphatic rings. The lowest BCUT2D eigenvalue weighted by Gasteiger charge is -2.26. The van der Waals surface area contributed by atoms with Gasteiger partial charge in [0.1, 0.15) is 5.78 Å². The molecule has 1 heterocycles. The van der Waals surface area contributed by atoms with E-state index in [0.717, 1.165) is 13.0 Å². The predicted octanol–water partition coefficient (Wildman–Crippen LogP) is 1.45. The first-order valence-electron chi connectivity index (χ1n) is 4.39. The molecular formula is C9H17NO. The lowest BCUT2D eigenvalue weighted by atomic mass is 10.1. The minimum atomic E-state index is 0.218. The molecule has 0 saturated carbocycles. The number of Topliss-reactive ketones (excluding diaryl/α,β-unsaturated/α-hetero) is 1. The van der Waals surface area contributed by atoms with Crippen molar-refractivity contribution in [1.29, 1.82) is 0 Å². The molecule has 0 unspecified atom stereocenters. The van der Waals surface area contributed by atoms with Crippen molar-refractivity contribution in [2.24, 2.45) is 0 Å². The Bertz CT molecular complexity index is 154. The quantitative estimate of drug-likeness (QED) is 0.601. The zero-order chi connectivity index (χ0) is 8.43. The van der Waals surface area contributed by atoms with E-state index in [9.17, 15) is 4.79 Å². The molecule has 0 aliphatic carbocycles. The second kappa shape index (κ2) is 3.35. The Morgan fingerprint density at radius 3 is 2.55 bits per heavy atom. The van der Waals surface area contributed by atoms with Gasteiger partial charge >= 0.3 is 0 Å². The minimum Gasteiger partial charge on any atom is -0.298 e. The summed E-state index contributed by atoms with van der Waals surface area (Å²) in [5, 5.41) is 0. The molecule has 1 saturated heterocycles. The van der Waals surface area contributed by atoms with E-state index in [1.165, 1.54) is 6.42 Å². The van der Waals surface area contributed by atoms with Gasteiger partial charge in [0, 0.05) is 6.04 Å². The predicted molar refractivity (Wildman–Crippen MR) is 45.5 cm³/mol. The van der Waals surface area contributed by atoms with Crippen molar-refractivity contribution in [3.8, 4) is 0 Å². The van der Waals surface area contributed by atoms with Gasteiger partial charge in [0.05, 0.1) is 6.04 Å². The van der Waals surface area contributed by atoms with E-state index in [0.29, 0.717) is 11.8 Å². The van der Waals surface area contributed by atoms with E-state index in [4.69, 9.17) is 0 Å². The van der Waals surface area contributed by atoms with Gasteiger partial charge in [-0.15, -0.1) is 0 Å². The highest BCUT2D eigenvalue weighted by atomic mass is 16.1. The summed E-state index contributed by atoms with van der Waals surface area (Å²) in [7, 11) is 0. The van der Waals surface area contributed by atoms with E-state index in [1.807, 2.05) is 0 Å². The number of hydrogen-bond acceptors (Lipinski definition) is 2. The third-order valence-corrected chi connectivity index (χ3v) is 2.43. The Labute approximate surface area is 68.6 Å². The third kappa shape index (κ3) is 1.80. The molecule has 1 atom stereocenters. The molecule has 0 aromatic carbocycles. The minimum absolute atomic E-state index is 0.218. The van der Waals surface area contributed by atoms with Gasteiger partial charge < -0.3 is 0 Å². The molecule has 2 heteroatoms. The first-order chi connectivity index (χ1) is 5.13. The molecule has 1 fully saturated rings. The summed E-state index contributed by atoms with van der Waals surface area (Å²) in [5.41, 5.74) is 0. The summed E-state index contributed by atoms with van der Waals surface area (Å²) in [6.45, 7) is 7.11. The maximum absolute atomic E-state index is 11.1. The maximum atomic E-state index is 11.1. The summed E-state index contributed by atoms with van der Waals surface area (Å²) in [6, 6.07) is 0.737. The van der Waals surface area contributed by atoms with Crippen molar-refractivity contribution in [2.75, 3.05) is 6.54 Å². The number of carbonyl (C=O) groups is 1. The van der Waals surface area contributed by atoms with Crippen LogP contribution in [0, 0.1) is 0 Å². The van der Waals surface area contributed by atoms with Crippen LogP contribution < -0.4 is 0 Å². The smallest absolute Gasteiger partial charge is 0.146 e. The molecule has 0 bridgehead atoms. The molecule has 11 heavy (non-hydrogen) atoms. The van der Waals surface area contributed by atoms with Crippen molar-refractivity contribution >= 4 is 5.78 Å². The van der Waals surface area contributed by atoms with Crippen LogP contribution in [-0.4, -0.2) is 29.3 Å². The molecule has 0 spiro atoms. The van der Waals surface area contributed by atoms with Gasteiger partial charge in [0.25, 0.3) is 0 Å². The van der Waals surface area contributed by atoms with E-state index >= 15 is 0 Å². The fourth-order valence-electron chi connectivity index (χ4n) is 1.84. The summed E-state index contributed by atoms with van der Waals surface area (Å²) in [6.07, 6.45) is 2.25. The molecule has 1 aliphatic heterocycles. The monoisotopic (exact) mass is 155 g/mol. The van der Waals surface area contributed by atoms with Gasteiger partial charge in [-0.25, -0.2) is 0 Å². The summed E-state index contributed by atoms with van der Waals surface area (Å²) in [5.74, 6) is 0.330. The zero-order valence-corrected chi connectivity index (χ0v) is 7.63. The van der Waals surface area contributed by atoms with E-state index in [1.54, 1.807) is 6.92 Å². The number of ketones is 1. The Morgan fingerprint density at radius 2 is 2.18 bits per heavy atom. The number of rotatable bonds is 2. The first-order valence-corrected chi connectivity index (χ1v) is 4.39. The van der Waals surface area contributed by atoms with Gasteiger partial charge in [0.15, 0.2) is 0 Å². The van der Waals surface area contributed by atoms with Gasteiger partial charge in [-0.1, -0.05) is 0 Å². The van der Waals surface area contributed by atoms with Crippen LogP contribution in [0.2, 0.25) is 0 Å². The summed E-state index contributed by atoms with van der Waals surface area (Å²) < 4.78 is 0. The topological polar surface area (TPSA) is 20.3 Å². The van der Waals surface area contributed by atoms with Crippen molar-refractivity contribution in [3.05, 3.63) is 0 Å². The van der Waals surface area contributed by atoms with Crippen LogP contribution in [0.3, 0.4) is 0 Å². The largest absolute Gasteiger partial charge is 0.298 e. The van der Waals surface area contributed by atoms with Crippen LogP contribution in [-0.2, 0) is 4.79 Å². The Hall–Kier alpha value is -0.370. The fraction of sp³-hybridized carbons (Fsp3) is 0.889. The molecule has 0 aromatic heterocycles. The van der Waals surface area contributed by atoms with E-state index in [-0.39, 0.29) is 6.04 Å².